The Morgan fingerprint density at radius 1 is 1.00 bits per heavy atom. The second kappa shape index (κ2) is 10.9. The van der Waals surface area contributed by atoms with Gasteiger partial charge in [-0.15, -0.1) is 0 Å². The van der Waals surface area contributed by atoms with Crippen LogP contribution in [0.15, 0.2) is 48.5 Å². The van der Waals surface area contributed by atoms with Crippen LogP contribution < -0.4 is 10.6 Å². The van der Waals surface area contributed by atoms with Crippen LogP contribution in [0.25, 0.3) is 11.1 Å². The monoisotopic (exact) mass is 478 g/mol. The van der Waals surface area contributed by atoms with E-state index >= 15 is 0 Å². The summed E-state index contributed by atoms with van der Waals surface area (Å²) in [5, 5.41) is 15.0. The molecule has 0 aromatic heterocycles. The van der Waals surface area contributed by atoms with Crippen LogP contribution in [0.4, 0.5) is 4.79 Å². The van der Waals surface area contributed by atoms with E-state index in [0.29, 0.717) is 19.4 Å². The number of carboxylic acids is 1. The number of aliphatic carboxylic acids is 1. The SMILES string of the molecule is CC(C)C[C@@H](NC(=O)OCC1c2ccccc2-c2ccccc21)C(=O)NC[C@@H]1CCC[C@@H]1C(=O)O. The van der Waals surface area contributed by atoms with Gasteiger partial charge >= 0.3 is 12.1 Å². The fourth-order valence-corrected chi connectivity index (χ4v) is 5.45. The van der Waals surface area contributed by atoms with E-state index in [1.54, 1.807) is 0 Å². The predicted octanol–water partition coefficient (Wildman–Crippen LogP) is 4.56. The quantitative estimate of drug-likeness (QED) is 0.490. The van der Waals surface area contributed by atoms with Crippen LogP contribution in [0.5, 0.6) is 0 Å². The van der Waals surface area contributed by atoms with Gasteiger partial charge in [-0.05, 0) is 53.4 Å². The second-order valence-corrected chi connectivity index (χ2v) is 10.0. The number of hydrogen-bond donors (Lipinski definition) is 3. The molecule has 3 N–H and O–H groups in total. The van der Waals surface area contributed by atoms with Crippen molar-refractivity contribution < 1.29 is 24.2 Å². The van der Waals surface area contributed by atoms with Gasteiger partial charge in [-0.25, -0.2) is 4.79 Å². The molecule has 0 saturated heterocycles. The number of carbonyl (C=O) groups excluding carboxylic acids is 2. The molecule has 35 heavy (non-hydrogen) atoms. The van der Waals surface area contributed by atoms with Gasteiger partial charge in [-0.2, -0.15) is 0 Å². The van der Waals surface area contributed by atoms with Gasteiger partial charge in [0.05, 0.1) is 5.92 Å². The third-order valence-electron chi connectivity index (χ3n) is 7.17. The summed E-state index contributed by atoms with van der Waals surface area (Å²) in [6.07, 6.45) is 2.11. The van der Waals surface area contributed by atoms with E-state index in [9.17, 15) is 19.5 Å². The highest BCUT2D eigenvalue weighted by Crippen LogP contribution is 2.44. The van der Waals surface area contributed by atoms with Crippen molar-refractivity contribution in [3.05, 3.63) is 59.7 Å². The highest BCUT2D eigenvalue weighted by molar-refractivity contribution is 5.86. The zero-order chi connectivity index (χ0) is 24.9. The Labute approximate surface area is 206 Å². The van der Waals surface area contributed by atoms with Gasteiger partial charge in [0.1, 0.15) is 12.6 Å². The molecule has 7 heteroatoms. The molecule has 2 aliphatic carbocycles. The largest absolute Gasteiger partial charge is 0.481 e. The molecule has 0 unspecified atom stereocenters. The van der Waals surface area contributed by atoms with Crippen LogP contribution in [-0.4, -0.2) is 42.3 Å². The summed E-state index contributed by atoms with van der Waals surface area (Å²) in [6.45, 7) is 4.45. The lowest BCUT2D eigenvalue weighted by atomic mass is 9.96. The summed E-state index contributed by atoms with van der Waals surface area (Å²) < 4.78 is 5.62. The summed E-state index contributed by atoms with van der Waals surface area (Å²) in [6, 6.07) is 15.5. The molecule has 0 bridgehead atoms. The number of nitrogens with one attached hydrogen (secondary N) is 2. The molecular formula is C28H34N2O5. The highest BCUT2D eigenvalue weighted by atomic mass is 16.5. The maximum atomic E-state index is 12.9. The minimum Gasteiger partial charge on any atom is -0.481 e. The number of carboxylic acid groups (broad SMARTS) is 1. The van der Waals surface area contributed by atoms with E-state index in [4.69, 9.17) is 4.74 Å². The van der Waals surface area contributed by atoms with E-state index in [1.165, 1.54) is 0 Å². The number of benzene rings is 2. The molecule has 4 rings (SSSR count). The first kappa shape index (κ1) is 24.8. The summed E-state index contributed by atoms with van der Waals surface area (Å²) >= 11 is 0. The molecule has 0 heterocycles. The normalized spacial score (nSPS) is 19.6. The fraction of sp³-hybridized carbons (Fsp3) is 0.464. The molecule has 1 fully saturated rings. The average molecular weight is 479 g/mol. The number of fused-ring (bicyclic) bond motifs is 3. The number of amides is 2. The molecule has 0 spiro atoms. The van der Waals surface area contributed by atoms with Gasteiger partial charge in [0.2, 0.25) is 5.91 Å². The first-order valence-electron chi connectivity index (χ1n) is 12.5. The van der Waals surface area contributed by atoms with Crippen molar-refractivity contribution in [1.29, 1.82) is 0 Å². The van der Waals surface area contributed by atoms with Crippen molar-refractivity contribution in [3.8, 4) is 11.1 Å². The van der Waals surface area contributed by atoms with Crippen molar-refractivity contribution in [2.24, 2.45) is 17.8 Å². The van der Waals surface area contributed by atoms with Crippen molar-refractivity contribution in [2.75, 3.05) is 13.2 Å². The van der Waals surface area contributed by atoms with Crippen LogP contribution in [0.3, 0.4) is 0 Å². The molecule has 2 aliphatic rings. The molecule has 2 amide bonds. The van der Waals surface area contributed by atoms with Gasteiger partial charge in [-0.1, -0.05) is 68.8 Å². The van der Waals surface area contributed by atoms with Crippen LogP contribution in [-0.2, 0) is 14.3 Å². The third kappa shape index (κ3) is 5.66. The molecule has 0 radical (unpaired) electrons. The van der Waals surface area contributed by atoms with E-state index in [0.717, 1.165) is 35.1 Å². The second-order valence-electron chi connectivity index (χ2n) is 10.0. The summed E-state index contributed by atoms with van der Waals surface area (Å²) in [7, 11) is 0. The molecule has 7 nitrogen and oxygen atoms in total. The number of hydrogen-bond acceptors (Lipinski definition) is 4. The Hall–Kier alpha value is -3.35. The van der Waals surface area contributed by atoms with Crippen molar-refractivity contribution in [2.45, 2.75) is 51.5 Å². The number of ether oxygens (including phenoxy) is 1. The Bertz CT molecular complexity index is 1040. The minimum atomic E-state index is -0.808. The Kier molecular flexibility index (Phi) is 7.73. The first-order valence-corrected chi connectivity index (χ1v) is 12.5. The number of rotatable bonds is 9. The molecule has 1 saturated carbocycles. The van der Waals surface area contributed by atoms with Crippen LogP contribution in [0.2, 0.25) is 0 Å². The van der Waals surface area contributed by atoms with Crippen LogP contribution >= 0.6 is 0 Å². The summed E-state index contributed by atoms with van der Waals surface area (Å²) in [5.41, 5.74) is 4.56. The molecule has 2 aromatic rings. The molecule has 3 atom stereocenters. The lowest BCUT2D eigenvalue weighted by Gasteiger charge is -2.23. The molecule has 2 aromatic carbocycles. The molecule has 0 aliphatic heterocycles. The number of carbonyl (C=O) groups is 3. The standard InChI is InChI=1S/C28H34N2O5/c1-17(2)14-25(26(31)29-15-18-8-7-13-19(18)27(32)33)30-28(34)35-16-24-22-11-5-3-9-20(22)21-10-4-6-12-23(21)24/h3-6,9-12,17-19,24-25H,7-8,13-16H2,1-2H3,(H,29,31)(H,30,34)(H,32,33)/t18-,19-,25+/m0/s1. The van der Waals surface area contributed by atoms with Gasteiger partial charge in [0.15, 0.2) is 0 Å². The lowest BCUT2D eigenvalue weighted by Crippen LogP contribution is -2.49. The van der Waals surface area contributed by atoms with E-state index < -0.39 is 24.0 Å². The smallest absolute Gasteiger partial charge is 0.407 e. The van der Waals surface area contributed by atoms with Gasteiger partial charge < -0.3 is 20.5 Å². The van der Waals surface area contributed by atoms with Crippen LogP contribution in [0.1, 0.15) is 56.6 Å². The van der Waals surface area contributed by atoms with Crippen LogP contribution in [0, 0.1) is 17.8 Å². The average Bonchev–Trinajstić information content (AvgIpc) is 3.43. The fourth-order valence-electron chi connectivity index (χ4n) is 5.45. The Morgan fingerprint density at radius 3 is 2.23 bits per heavy atom. The van der Waals surface area contributed by atoms with Gasteiger partial charge in [0, 0.05) is 12.5 Å². The zero-order valence-electron chi connectivity index (χ0n) is 20.3. The first-order chi connectivity index (χ1) is 16.8. The van der Waals surface area contributed by atoms with Crippen molar-refractivity contribution in [1.82, 2.24) is 10.6 Å². The zero-order valence-corrected chi connectivity index (χ0v) is 20.3. The maximum absolute atomic E-state index is 12.9. The van der Waals surface area contributed by atoms with E-state index in [-0.39, 0.29) is 30.3 Å². The van der Waals surface area contributed by atoms with E-state index in [2.05, 4.69) is 34.9 Å². The van der Waals surface area contributed by atoms with Crippen molar-refractivity contribution >= 4 is 18.0 Å². The number of alkyl carbamates (subject to hydrolysis) is 1. The Morgan fingerprint density at radius 2 is 1.63 bits per heavy atom. The summed E-state index contributed by atoms with van der Waals surface area (Å²) in [4.78, 5) is 37.1. The van der Waals surface area contributed by atoms with E-state index in [1.807, 2.05) is 38.1 Å². The molecule has 186 valence electrons. The Balaban J connectivity index is 1.36. The minimum absolute atomic E-state index is 0.0548. The van der Waals surface area contributed by atoms with Crippen molar-refractivity contribution in [3.63, 3.8) is 0 Å². The van der Waals surface area contributed by atoms with Gasteiger partial charge in [-0.3, -0.25) is 9.59 Å². The molecular weight excluding hydrogens is 444 g/mol. The topological polar surface area (TPSA) is 105 Å². The maximum Gasteiger partial charge on any atom is 0.407 e. The summed E-state index contributed by atoms with van der Waals surface area (Å²) in [5.74, 6) is -1.49. The predicted molar refractivity (Wildman–Crippen MR) is 133 cm³/mol. The van der Waals surface area contributed by atoms with Gasteiger partial charge in [0.25, 0.3) is 0 Å². The lowest BCUT2D eigenvalue weighted by molar-refractivity contribution is -0.143. The highest BCUT2D eigenvalue weighted by Gasteiger charge is 2.34. The third-order valence-corrected chi connectivity index (χ3v) is 7.17.